The van der Waals surface area contributed by atoms with Crippen molar-refractivity contribution >= 4 is 5.97 Å². The highest BCUT2D eigenvalue weighted by Gasteiger charge is 2.57. The molecule has 0 unspecified atom stereocenters. The van der Waals surface area contributed by atoms with Crippen LogP contribution in [0.2, 0.25) is 0 Å². The van der Waals surface area contributed by atoms with Crippen LogP contribution >= 0.6 is 0 Å². The number of hydrogen-bond donors (Lipinski definition) is 1. The Bertz CT molecular complexity index is 492. The van der Waals surface area contributed by atoms with Crippen molar-refractivity contribution in [2.24, 2.45) is 0 Å². The van der Waals surface area contributed by atoms with Crippen LogP contribution in [0.15, 0.2) is 12.2 Å². The molecule has 2 saturated heterocycles. The standard InChI is InChI=1S/C17H28O7/c1-9(2)21-14-13-12(22-15(14)18)11(23-17(6,7)24-13)10(3)8-20-16(4,5)19/h9,11-14,19H,3,8H2,1-2,4-7H3/t11-,12+,13-,14-/m1/s1. The fourth-order valence-corrected chi connectivity index (χ4v) is 2.76. The zero-order chi connectivity index (χ0) is 18.3. The van der Waals surface area contributed by atoms with Gasteiger partial charge in [-0.15, -0.1) is 0 Å². The molecule has 0 bridgehead atoms. The Labute approximate surface area is 142 Å². The van der Waals surface area contributed by atoms with Crippen LogP contribution in [0.5, 0.6) is 0 Å². The average Bonchev–Trinajstić information content (AvgIpc) is 2.70. The smallest absolute Gasteiger partial charge is 0.338 e. The van der Waals surface area contributed by atoms with Gasteiger partial charge in [-0.2, -0.15) is 0 Å². The van der Waals surface area contributed by atoms with Crippen LogP contribution in [0.1, 0.15) is 41.5 Å². The minimum atomic E-state index is -1.29. The van der Waals surface area contributed by atoms with Gasteiger partial charge in [-0.25, -0.2) is 4.79 Å². The Morgan fingerprint density at radius 3 is 2.50 bits per heavy atom. The molecule has 4 atom stereocenters. The average molecular weight is 344 g/mol. The van der Waals surface area contributed by atoms with Gasteiger partial charge in [0.15, 0.2) is 23.8 Å². The molecule has 0 radical (unpaired) electrons. The molecule has 2 heterocycles. The van der Waals surface area contributed by atoms with Crippen LogP contribution in [0, 0.1) is 0 Å². The molecule has 2 rings (SSSR count). The van der Waals surface area contributed by atoms with Crippen LogP contribution in [-0.4, -0.2) is 59.8 Å². The Hall–Kier alpha value is -0.990. The monoisotopic (exact) mass is 344 g/mol. The summed E-state index contributed by atoms with van der Waals surface area (Å²) >= 11 is 0. The molecule has 2 aliphatic heterocycles. The molecule has 2 aliphatic rings. The van der Waals surface area contributed by atoms with E-state index >= 15 is 0 Å². The fraction of sp³-hybridized carbons (Fsp3) is 0.824. The van der Waals surface area contributed by atoms with Crippen LogP contribution in [0.25, 0.3) is 0 Å². The molecular formula is C17H28O7. The molecule has 0 aromatic heterocycles. The molecule has 7 heteroatoms. The number of fused-ring (bicyclic) bond motifs is 1. The molecule has 0 saturated carbocycles. The van der Waals surface area contributed by atoms with Gasteiger partial charge in [-0.05, 0) is 47.1 Å². The van der Waals surface area contributed by atoms with Gasteiger partial charge in [-0.1, -0.05) is 6.58 Å². The predicted molar refractivity (Wildman–Crippen MR) is 85.1 cm³/mol. The van der Waals surface area contributed by atoms with E-state index < -0.39 is 42.0 Å². The first kappa shape index (κ1) is 19.3. The summed E-state index contributed by atoms with van der Waals surface area (Å²) in [5.41, 5.74) is 0.557. The van der Waals surface area contributed by atoms with Crippen molar-refractivity contribution in [2.75, 3.05) is 6.61 Å². The lowest BCUT2D eigenvalue weighted by molar-refractivity contribution is -0.323. The van der Waals surface area contributed by atoms with E-state index in [2.05, 4.69) is 6.58 Å². The Balaban J connectivity index is 2.17. The molecule has 7 nitrogen and oxygen atoms in total. The van der Waals surface area contributed by atoms with Crippen molar-refractivity contribution in [1.82, 2.24) is 0 Å². The maximum atomic E-state index is 12.2. The van der Waals surface area contributed by atoms with E-state index in [1.54, 1.807) is 13.8 Å². The Morgan fingerprint density at radius 2 is 1.96 bits per heavy atom. The highest BCUT2D eigenvalue weighted by atomic mass is 16.8. The first-order chi connectivity index (χ1) is 10.9. The van der Waals surface area contributed by atoms with Crippen molar-refractivity contribution in [3.63, 3.8) is 0 Å². The molecule has 0 amide bonds. The summed E-state index contributed by atoms with van der Waals surface area (Å²) in [6.45, 7) is 14.3. The van der Waals surface area contributed by atoms with Crippen LogP contribution in [0.4, 0.5) is 0 Å². The zero-order valence-electron chi connectivity index (χ0n) is 15.2. The van der Waals surface area contributed by atoms with Crippen molar-refractivity contribution in [1.29, 1.82) is 0 Å². The Kier molecular flexibility index (Phi) is 5.42. The number of aliphatic hydroxyl groups is 1. The first-order valence-corrected chi connectivity index (χ1v) is 8.15. The maximum absolute atomic E-state index is 12.2. The Morgan fingerprint density at radius 1 is 1.33 bits per heavy atom. The minimum Gasteiger partial charge on any atom is -0.454 e. The number of carbonyl (C=O) groups is 1. The number of ether oxygens (including phenoxy) is 5. The fourth-order valence-electron chi connectivity index (χ4n) is 2.76. The van der Waals surface area contributed by atoms with Crippen molar-refractivity contribution in [3.05, 3.63) is 12.2 Å². The van der Waals surface area contributed by atoms with Crippen molar-refractivity contribution in [3.8, 4) is 0 Å². The summed E-state index contributed by atoms with van der Waals surface area (Å²) in [4.78, 5) is 12.2. The lowest BCUT2D eigenvalue weighted by Gasteiger charge is -2.43. The molecule has 0 aromatic carbocycles. The second-order valence-corrected chi connectivity index (χ2v) is 7.42. The molecule has 0 aliphatic carbocycles. The van der Waals surface area contributed by atoms with Crippen molar-refractivity contribution < 1.29 is 33.6 Å². The molecule has 138 valence electrons. The van der Waals surface area contributed by atoms with Crippen LogP contribution in [0.3, 0.4) is 0 Å². The summed E-state index contributed by atoms with van der Waals surface area (Å²) in [7, 11) is 0. The van der Waals surface area contributed by atoms with Gasteiger partial charge < -0.3 is 28.8 Å². The van der Waals surface area contributed by atoms with E-state index in [4.69, 9.17) is 23.7 Å². The molecule has 0 aromatic rings. The van der Waals surface area contributed by atoms with Gasteiger partial charge in [0, 0.05) is 0 Å². The van der Waals surface area contributed by atoms with E-state index in [0.717, 1.165) is 0 Å². The second-order valence-electron chi connectivity index (χ2n) is 7.42. The lowest BCUT2D eigenvalue weighted by atomic mass is 9.97. The summed E-state index contributed by atoms with van der Waals surface area (Å²) in [6.07, 6.45) is -2.80. The lowest BCUT2D eigenvalue weighted by Crippen LogP contribution is -2.56. The predicted octanol–water partition coefficient (Wildman–Crippen LogP) is 1.53. The van der Waals surface area contributed by atoms with Crippen LogP contribution < -0.4 is 0 Å². The van der Waals surface area contributed by atoms with Crippen LogP contribution in [-0.2, 0) is 28.5 Å². The third-order valence-corrected chi connectivity index (χ3v) is 3.67. The zero-order valence-corrected chi connectivity index (χ0v) is 15.2. The minimum absolute atomic E-state index is 0.0702. The normalized spacial score (nSPS) is 32.6. The van der Waals surface area contributed by atoms with Gasteiger partial charge in [0.1, 0.15) is 12.2 Å². The van der Waals surface area contributed by atoms with E-state index in [1.165, 1.54) is 13.8 Å². The van der Waals surface area contributed by atoms with E-state index in [-0.39, 0.29) is 12.7 Å². The molecule has 2 fully saturated rings. The highest BCUT2D eigenvalue weighted by molar-refractivity contribution is 5.78. The number of hydrogen-bond acceptors (Lipinski definition) is 7. The second kappa shape index (κ2) is 6.72. The molecular weight excluding hydrogens is 316 g/mol. The SMILES string of the molecule is C=C(COC(C)(C)O)[C@H]1OC(C)(C)O[C@@H]2[C@H]1OC(=O)[C@@H]2OC(C)C. The summed E-state index contributed by atoms with van der Waals surface area (Å²) in [5.74, 6) is -2.70. The highest BCUT2D eigenvalue weighted by Crippen LogP contribution is 2.38. The largest absolute Gasteiger partial charge is 0.454 e. The van der Waals surface area contributed by atoms with E-state index in [1.807, 2.05) is 13.8 Å². The number of carbonyl (C=O) groups excluding carboxylic acids is 1. The maximum Gasteiger partial charge on any atom is 0.338 e. The number of rotatable bonds is 6. The third-order valence-electron chi connectivity index (χ3n) is 3.67. The molecule has 1 N–H and O–H groups in total. The summed E-state index contributed by atoms with van der Waals surface area (Å²) in [5, 5.41) is 9.70. The van der Waals surface area contributed by atoms with E-state index in [9.17, 15) is 9.90 Å². The third kappa shape index (κ3) is 4.55. The van der Waals surface area contributed by atoms with Gasteiger partial charge in [0.05, 0.1) is 12.7 Å². The van der Waals surface area contributed by atoms with Gasteiger partial charge in [-0.3, -0.25) is 0 Å². The summed E-state index contributed by atoms with van der Waals surface area (Å²) in [6, 6.07) is 0. The van der Waals surface area contributed by atoms with Crippen molar-refractivity contribution in [2.45, 2.75) is 83.6 Å². The topological polar surface area (TPSA) is 83.5 Å². The number of esters is 1. The van der Waals surface area contributed by atoms with Gasteiger partial charge >= 0.3 is 5.97 Å². The van der Waals surface area contributed by atoms with E-state index in [0.29, 0.717) is 5.57 Å². The van der Waals surface area contributed by atoms with Gasteiger partial charge in [0.2, 0.25) is 0 Å². The molecule has 0 spiro atoms. The first-order valence-electron chi connectivity index (χ1n) is 8.15. The molecule has 24 heavy (non-hydrogen) atoms. The quantitative estimate of drug-likeness (QED) is 0.444. The summed E-state index contributed by atoms with van der Waals surface area (Å²) < 4.78 is 28.2. The van der Waals surface area contributed by atoms with Gasteiger partial charge in [0.25, 0.3) is 0 Å².